The van der Waals surface area contributed by atoms with Gasteiger partial charge in [0.25, 0.3) is 5.91 Å². The average Bonchev–Trinajstić information content (AvgIpc) is 3.04. The minimum Gasteiger partial charge on any atom is -0.481 e. The van der Waals surface area contributed by atoms with Crippen molar-refractivity contribution in [1.82, 2.24) is 15.0 Å². The van der Waals surface area contributed by atoms with Gasteiger partial charge in [0.2, 0.25) is 0 Å². The number of carboxylic acid groups (broad SMARTS) is 1. The fourth-order valence-electron chi connectivity index (χ4n) is 2.93. The van der Waals surface area contributed by atoms with Crippen LogP contribution >= 0.6 is 23.1 Å². The van der Waals surface area contributed by atoms with E-state index in [1.165, 1.54) is 11.5 Å². The molecule has 0 bridgehead atoms. The number of hydrogen-bond acceptors (Lipinski definition) is 6. The Morgan fingerprint density at radius 3 is 2.96 bits per heavy atom. The molecular weight excluding hydrogens is 364 g/mol. The summed E-state index contributed by atoms with van der Waals surface area (Å²) in [5.41, 5.74) is 5.08. The number of amides is 1. The summed E-state index contributed by atoms with van der Waals surface area (Å²) in [5, 5.41) is 15.4. The number of carbonyl (C=O) groups is 2. The summed E-state index contributed by atoms with van der Waals surface area (Å²) in [6.07, 6.45) is -0.193. The Balaban J connectivity index is 1.85. The zero-order valence-corrected chi connectivity index (χ0v) is 14.2. The number of hydrazine groups is 1. The monoisotopic (exact) mass is 374 g/mol. The second-order valence-electron chi connectivity index (χ2n) is 5.58. The van der Waals surface area contributed by atoms with Crippen molar-refractivity contribution < 1.29 is 14.7 Å². The highest BCUT2D eigenvalue weighted by Crippen LogP contribution is 2.36. The zero-order valence-electron chi connectivity index (χ0n) is 12.6. The Labute approximate surface area is 151 Å². The van der Waals surface area contributed by atoms with E-state index in [1.54, 1.807) is 35.3 Å². The number of carboxylic acids is 1. The van der Waals surface area contributed by atoms with E-state index in [-0.39, 0.29) is 12.3 Å². The first-order valence-electron chi connectivity index (χ1n) is 7.36. The lowest BCUT2D eigenvalue weighted by molar-refractivity contribution is -0.137. The molecule has 1 amide bonds. The summed E-state index contributed by atoms with van der Waals surface area (Å²) in [4.78, 5) is 23.9. The number of fused-ring (bicyclic) bond motifs is 2. The summed E-state index contributed by atoms with van der Waals surface area (Å²) < 4.78 is 4.80. The molecule has 3 aromatic rings. The normalized spacial score (nSPS) is 16.6. The maximum absolute atomic E-state index is 12.5. The molecule has 9 heteroatoms. The predicted octanol–water partition coefficient (Wildman–Crippen LogP) is 3.03. The topological polar surface area (TPSA) is 95.4 Å². The van der Waals surface area contributed by atoms with E-state index < -0.39 is 12.0 Å². The van der Waals surface area contributed by atoms with Gasteiger partial charge < -0.3 is 5.11 Å². The van der Waals surface area contributed by atoms with Crippen LogP contribution in [0, 0.1) is 0 Å². The second-order valence-corrected chi connectivity index (χ2v) is 6.80. The van der Waals surface area contributed by atoms with Gasteiger partial charge in [-0.1, -0.05) is 16.1 Å². The number of anilines is 1. The van der Waals surface area contributed by atoms with Gasteiger partial charge >= 0.3 is 5.97 Å². The number of halogens is 1. The van der Waals surface area contributed by atoms with Gasteiger partial charge in [-0.3, -0.25) is 20.0 Å². The van der Waals surface area contributed by atoms with Crippen LogP contribution < -0.4 is 10.4 Å². The fourth-order valence-corrected chi connectivity index (χ4v) is 3.65. The van der Waals surface area contributed by atoms with Gasteiger partial charge in [0.15, 0.2) is 0 Å². The van der Waals surface area contributed by atoms with E-state index in [9.17, 15) is 14.7 Å². The third-order valence-electron chi connectivity index (χ3n) is 4.03. The van der Waals surface area contributed by atoms with E-state index >= 15 is 0 Å². The number of nitrogens with zero attached hydrogens (tertiary/aromatic N) is 3. The summed E-state index contributed by atoms with van der Waals surface area (Å²) in [5.74, 6) is -1.29. The van der Waals surface area contributed by atoms with Crippen LogP contribution in [0.1, 0.15) is 28.4 Å². The largest absolute Gasteiger partial charge is 0.481 e. The summed E-state index contributed by atoms with van der Waals surface area (Å²) in [6, 6.07) is 9.67. The van der Waals surface area contributed by atoms with Crippen LogP contribution in [0.15, 0.2) is 36.4 Å². The molecular formula is C16H11ClN4O3S. The molecule has 0 fully saturated rings. The van der Waals surface area contributed by atoms with Gasteiger partial charge in [0.1, 0.15) is 5.52 Å². The molecule has 0 saturated heterocycles. The Morgan fingerprint density at radius 1 is 1.32 bits per heavy atom. The Kier molecular flexibility index (Phi) is 3.78. The first-order chi connectivity index (χ1) is 12.0. The third-order valence-corrected chi connectivity index (χ3v) is 4.97. The molecule has 4 rings (SSSR count). The van der Waals surface area contributed by atoms with Crippen LogP contribution in [0.25, 0.3) is 10.2 Å². The number of aliphatic carboxylic acids is 1. The van der Waals surface area contributed by atoms with E-state index in [0.29, 0.717) is 27.4 Å². The van der Waals surface area contributed by atoms with E-state index in [4.69, 9.17) is 11.6 Å². The molecule has 126 valence electrons. The maximum atomic E-state index is 12.5. The SMILES string of the molecule is O=C(O)CC1c2cc(Cl)ccc2C(=O)NN1c1ccc2snnc2c1. The molecule has 0 spiro atoms. The Morgan fingerprint density at radius 2 is 2.16 bits per heavy atom. The van der Waals surface area contributed by atoms with Gasteiger partial charge in [-0.15, -0.1) is 5.10 Å². The van der Waals surface area contributed by atoms with Crippen LogP contribution in [0.3, 0.4) is 0 Å². The third kappa shape index (κ3) is 2.79. The maximum Gasteiger partial charge on any atom is 0.305 e. The number of hydrogen-bond donors (Lipinski definition) is 2. The summed E-state index contributed by atoms with van der Waals surface area (Å²) in [6.45, 7) is 0. The van der Waals surface area contributed by atoms with Crippen LogP contribution in [0.2, 0.25) is 5.02 Å². The van der Waals surface area contributed by atoms with Crippen molar-refractivity contribution in [1.29, 1.82) is 0 Å². The van der Waals surface area contributed by atoms with E-state index in [2.05, 4.69) is 15.0 Å². The van der Waals surface area contributed by atoms with Crippen LogP contribution in [-0.4, -0.2) is 26.6 Å². The van der Waals surface area contributed by atoms with Crippen molar-refractivity contribution in [2.75, 3.05) is 5.01 Å². The minimum absolute atomic E-state index is 0.193. The molecule has 0 radical (unpaired) electrons. The number of aromatic nitrogens is 2. The highest BCUT2D eigenvalue weighted by molar-refractivity contribution is 7.12. The number of benzene rings is 2. The van der Waals surface area contributed by atoms with Crippen molar-refractivity contribution in [3.8, 4) is 0 Å². The number of carbonyl (C=O) groups excluding carboxylic acids is 1. The number of nitrogens with one attached hydrogen (secondary N) is 1. The van der Waals surface area contributed by atoms with Crippen molar-refractivity contribution >= 4 is 50.9 Å². The van der Waals surface area contributed by atoms with Crippen LogP contribution in [0.5, 0.6) is 0 Å². The minimum atomic E-state index is -0.978. The molecule has 2 N–H and O–H groups in total. The fraction of sp³-hybridized carbons (Fsp3) is 0.125. The van der Waals surface area contributed by atoms with E-state index in [1.807, 2.05) is 6.07 Å². The van der Waals surface area contributed by atoms with Gasteiger partial charge in [-0.05, 0) is 53.5 Å². The van der Waals surface area contributed by atoms with Gasteiger partial charge in [0, 0.05) is 10.6 Å². The van der Waals surface area contributed by atoms with Crippen LogP contribution in [0.4, 0.5) is 5.69 Å². The van der Waals surface area contributed by atoms with Crippen molar-refractivity contribution in [3.05, 3.63) is 52.5 Å². The molecule has 2 heterocycles. The average molecular weight is 375 g/mol. The van der Waals surface area contributed by atoms with E-state index in [0.717, 1.165) is 4.70 Å². The van der Waals surface area contributed by atoms with Crippen molar-refractivity contribution in [3.63, 3.8) is 0 Å². The zero-order chi connectivity index (χ0) is 17.6. The lowest BCUT2D eigenvalue weighted by Crippen LogP contribution is -2.50. The summed E-state index contributed by atoms with van der Waals surface area (Å²) >= 11 is 7.34. The van der Waals surface area contributed by atoms with Gasteiger partial charge in [-0.2, -0.15) is 0 Å². The van der Waals surface area contributed by atoms with Crippen molar-refractivity contribution in [2.24, 2.45) is 0 Å². The molecule has 1 aliphatic rings. The second kappa shape index (κ2) is 5.98. The highest BCUT2D eigenvalue weighted by Gasteiger charge is 2.34. The Hall–Kier alpha value is -2.71. The highest BCUT2D eigenvalue weighted by atomic mass is 35.5. The first kappa shape index (κ1) is 15.8. The molecule has 7 nitrogen and oxygen atoms in total. The molecule has 1 unspecified atom stereocenters. The molecule has 0 aliphatic carbocycles. The van der Waals surface area contributed by atoms with Crippen LogP contribution in [-0.2, 0) is 4.79 Å². The molecule has 1 aromatic heterocycles. The predicted molar refractivity (Wildman–Crippen MR) is 93.8 cm³/mol. The molecule has 1 atom stereocenters. The lowest BCUT2D eigenvalue weighted by atomic mass is 9.94. The smallest absolute Gasteiger partial charge is 0.305 e. The van der Waals surface area contributed by atoms with Gasteiger partial charge in [-0.25, -0.2) is 0 Å². The molecule has 25 heavy (non-hydrogen) atoms. The van der Waals surface area contributed by atoms with Gasteiger partial charge in [0.05, 0.1) is 22.8 Å². The lowest BCUT2D eigenvalue weighted by Gasteiger charge is -2.38. The molecule has 2 aromatic carbocycles. The molecule has 0 saturated carbocycles. The molecule has 1 aliphatic heterocycles. The summed E-state index contributed by atoms with van der Waals surface area (Å²) in [7, 11) is 0. The standard InChI is InChI=1S/C16H11ClN4O3S/c17-8-1-3-10-11(5-8)13(7-15(22)23)21(19-16(10)24)9-2-4-14-12(6-9)18-20-25-14/h1-6,13H,7H2,(H,19,24)(H,22,23). The van der Waals surface area contributed by atoms with Crippen molar-refractivity contribution in [2.45, 2.75) is 12.5 Å². The quantitative estimate of drug-likeness (QED) is 0.731. The first-order valence-corrected chi connectivity index (χ1v) is 8.51. The number of rotatable bonds is 3. The Bertz CT molecular complexity index is 1010.